The Morgan fingerprint density at radius 1 is 1.19 bits per heavy atom. The fraction of sp³-hybridized carbons (Fsp3) is 0.474. The molecule has 0 bridgehead atoms. The Labute approximate surface area is 152 Å². The largest absolute Gasteiger partial charge is 0.508 e. The molecule has 26 heavy (non-hydrogen) atoms. The van der Waals surface area contributed by atoms with Crippen LogP contribution in [0.3, 0.4) is 0 Å². The Morgan fingerprint density at radius 3 is 2.73 bits per heavy atom. The Bertz CT molecular complexity index is 752. The van der Waals surface area contributed by atoms with E-state index in [1.807, 2.05) is 0 Å². The summed E-state index contributed by atoms with van der Waals surface area (Å²) in [6.45, 7) is 3.38. The van der Waals surface area contributed by atoms with Gasteiger partial charge in [-0.05, 0) is 56.3 Å². The molecule has 7 nitrogen and oxygen atoms in total. The first-order chi connectivity index (χ1) is 12.7. The first-order valence-corrected chi connectivity index (χ1v) is 9.18. The summed E-state index contributed by atoms with van der Waals surface area (Å²) >= 11 is 0. The van der Waals surface area contributed by atoms with Crippen molar-refractivity contribution in [3.8, 4) is 17.0 Å². The maximum atomic E-state index is 12.6. The van der Waals surface area contributed by atoms with Gasteiger partial charge in [0, 0.05) is 5.56 Å². The minimum absolute atomic E-state index is 0.000947. The van der Waals surface area contributed by atoms with Gasteiger partial charge in [0.05, 0.1) is 31.0 Å². The molecule has 1 aromatic heterocycles. The molecule has 0 unspecified atom stereocenters. The molecule has 3 N–H and O–H groups in total. The zero-order valence-electron chi connectivity index (χ0n) is 14.6. The summed E-state index contributed by atoms with van der Waals surface area (Å²) < 4.78 is 5.64. The number of aromatic hydroxyl groups is 1. The molecule has 0 spiro atoms. The number of piperidine rings is 1. The predicted molar refractivity (Wildman–Crippen MR) is 97.0 cm³/mol. The molecule has 138 valence electrons. The molecule has 1 aromatic carbocycles. The van der Waals surface area contributed by atoms with Crippen LogP contribution in [-0.2, 0) is 4.74 Å². The number of carbonyl (C=O) groups excluding carboxylic acids is 1. The number of likely N-dealkylation sites (tertiary alicyclic amines) is 1. The van der Waals surface area contributed by atoms with E-state index in [1.54, 1.807) is 30.3 Å². The van der Waals surface area contributed by atoms with Gasteiger partial charge in [0.25, 0.3) is 5.91 Å². The fourth-order valence-corrected chi connectivity index (χ4v) is 3.75. The second kappa shape index (κ2) is 7.47. The van der Waals surface area contributed by atoms with Gasteiger partial charge in [-0.1, -0.05) is 6.42 Å². The van der Waals surface area contributed by atoms with Crippen molar-refractivity contribution in [2.45, 2.75) is 31.3 Å². The number of ether oxygens (including phenoxy) is 1. The smallest absolute Gasteiger partial charge is 0.269 e. The fourth-order valence-electron chi connectivity index (χ4n) is 3.75. The number of hydrogen-bond acceptors (Lipinski definition) is 5. The zero-order valence-corrected chi connectivity index (χ0v) is 14.6. The maximum Gasteiger partial charge on any atom is 0.269 e. The third-order valence-electron chi connectivity index (χ3n) is 5.21. The molecule has 2 aliphatic heterocycles. The number of carbonyl (C=O) groups is 1. The monoisotopic (exact) mass is 356 g/mol. The minimum atomic E-state index is -0.167. The van der Waals surface area contributed by atoms with Gasteiger partial charge in [0.1, 0.15) is 11.4 Å². The lowest BCUT2D eigenvalue weighted by Gasteiger charge is -2.34. The molecule has 3 heterocycles. The van der Waals surface area contributed by atoms with Gasteiger partial charge in [-0.15, -0.1) is 0 Å². The van der Waals surface area contributed by atoms with E-state index in [1.165, 1.54) is 19.3 Å². The van der Waals surface area contributed by atoms with Crippen molar-refractivity contribution in [3.05, 3.63) is 36.0 Å². The average molecular weight is 356 g/mol. The Hall–Kier alpha value is -2.38. The zero-order chi connectivity index (χ0) is 17.9. The maximum absolute atomic E-state index is 12.6. The molecule has 2 aliphatic rings. The number of hydrogen-bond donors (Lipinski definition) is 3. The number of nitrogens with one attached hydrogen (secondary N) is 2. The summed E-state index contributed by atoms with van der Waals surface area (Å²) in [5.41, 5.74) is 1.94. The van der Waals surface area contributed by atoms with Gasteiger partial charge in [-0.3, -0.25) is 14.8 Å². The van der Waals surface area contributed by atoms with E-state index < -0.39 is 0 Å². The highest BCUT2D eigenvalue weighted by molar-refractivity contribution is 5.93. The highest BCUT2D eigenvalue weighted by Crippen LogP contribution is 2.22. The first kappa shape index (κ1) is 17.1. The molecule has 0 saturated carbocycles. The highest BCUT2D eigenvalue weighted by atomic mass is 16.5. The van der Waals surface area contributed by atoms with Gasteiger partial charge in [-0.2, -0.15) is 5.10 Å². The molecular formula is C19H24N4O3. The molecule has 2 fully saturated rings. The SMILES string of the molecule is O=C(N[C@H]1COC[C@@H]1N1CCCCC1)c1cc(-c2ccc(O)cc2)n[nH]1. The van der Waals surface area contributed by atoms with Crippen molar-refractivity contribution < 1.29 is 14.6 Å². The van der Waals surface area contributed by atoms with Crippen LogP contribution in [0.5, 0.6) is 5.75 Å². The summed E-state index contributed by atoms with van der Waals surface area (Å²) in [7, 11) is 0. The number of aromatic nitrogens is 2. The summed E-state index contributed by atoms with van der Waals surface area (Å²) in [5.74, 6) is 0.0345. The summed E-state index contributed by atoms with van der Waals surface area (Å²) in [4.78, 5) is 15.1. The number of phenolic OH excluding ortho intramolecular Hbond substituents is 1. The normalized spacial score (nSPS) is 23.8. The Morgan fingerprint density at radius 2 is 1.96 bits per heavy atom. The average Bonchev–Trinajstić information content (AvgIpc) is 3.33. The standard InChI is InChI=1S/C19H24N4O3/c24-14-6-4-13(5-7-14)15-10-16(22-21-15)19(25)20-17-11-26-12-18(17)23-8-2-1-3-9-23/h4-7,10,17-18,24H,1-3,8-9,11-12H2,(H,20,25)(H,21,22)/t17-,18-/m0/s1. The first-order valence-electron chi connectivity index (χ1n) is 9.18. The van der Waals surface area contributed by atoms with Crippen LogP contribution in [0.15, 0.2) is 30.3 Å². The highest BCUT2D eigenvalue weighted by Gasteiger charge is 2.35. The van der Waals surface area contributed by atoms with Crippen LogP contribution in [0.2, 0.25) is 0 Å². The molecule has 2 aromatic rings. The van der Waals surface area contributed by atoms with Gasteiger partial charge in [-0.25, -0.2) is 0 Å². The second-order valence-corrected chi connectivity index (χ2v) is 7.00. The second-order valence-electron chi connectivity index (χ2n) is 7.00. The molecule has 4 rings (SSSR count). The molecule has 2 saturated heterocycles. The number of phenols is 1. The van der Waals surface area contributed by atoms with Crippen molar-refractivity contribution in [1.82, 2.24) is 20.4 Å². The molecule has 2 atom stereocenters. The number of benzene rings is 1. The molecule has 7 heteroatoms. The van der Waals surface area contributed by atoms with E-state index in [0.29, 0.717) is 24.6 Å². The molecule has 0 aliphatic carbocycles. The minimum Gasteiger partial charge on any atom is -0.508 e. The van der Waals surface area contributed by atoms with Crippen LogP contribution < -0.4 is 5.32 Å². The van der Waals surface area contributed by atoms with Crippen molar-refractivity contribution in [2.24, 2.45) is 0 Å². The number of amides is 1. The Balaban J connectivity index is 1.42. The topological polar surface area (TPSA) is 90.5 Å². The number of nitrogens with zero attached hydrogens (tertiary/aromatic N) is 2. The molecule has 0 radical (unpaired) electrons. The van der Waals surface area contributed by atoms with E-state index in [-0.39, 0.29) is 23.7 Å². The summed E-state index contributed by atoms with van der Waals surface area (Å²) in [6.07, 6.45) is 3.72. The third kappa shape index (κ3) is 3.59. The predicted octanol–water partition coefficient (Wildman–Crippen LogP) is 1.77. The van der Waals surface area contributed by atoms with E-state index in [0.717, 1.165) is 18.7 Å². The van der Waals surface area contributed by atoms with E-state index in [2.05, 4.69) is 20.4 Å². The van der Waals surface area contributed by atoms with Crippen LogP contribution in [-0.4, -0.2) is 64.5 Å². The molecular weight excluding hydrogens is 332 g/mol. The Kier molecular flexibility index (Phi) is 4.90. The van der Waals surface area contributed by atoms with E-state index >= 15 is 0 Å². The number of H-pyrrole nitrogens is 1. The number of rotatable bonds is 4. The van der Waals surface area contributed by atoms with Crippen LogP contribution in [0.1, 0.15) is 29.8 Å². The number of aromatic amines is 1. The quantitative estimate of drug-likeness (QED) is 0.777. The van der Waals surface area contributed by atoms with Gasteiger partial charge in [0.2, 0.25) is 0 Å². The van der Waals surface area contributed by atoms with Gasteiger partial charge < -0.3 is 15.2 Å². The van der Waals surface area contributed by atoms with E-state index in [4.69, 9.17) is 4.74 Å². The van der Waals surface area contributed by atoms with Crippen molar-refractivity contribution in [1.29, 1.82) is 0 Å². The van der Waals surface area contributed by atoms with Gasteiger partial charge in [0.15, 0.2) is 0 Å². The van der Waals surface area contributed by atoms with Crippen LogP contribution in [0.25, 0.3) is 11.3 Å². The lowest BCUT2D eigenvalue weighted by Crippen LogP contribution is -2.52. The van der Waals surface area contributed by atoms with Crippen molar-refractivity contribution >= 4 is 5.91 Å². The lowest BCUT2D eigenvalue weighted by molar-refractivity contribution is 0.0895. The van der Waals surface area contributed by atoms with Crippen LogP contribution in [0.4, 0.5) is 0 Å². The van der Waals surface area contributed by atoms with E-state index in [9.17, 15) is 9.90 Å². The van der Waals surface area contributed by atoms with Crippen LogP contribution >= 0.6 is 0 Å². The molecule has 1 amide bonds. The third-order valence-corrected chi connectivity index (χ3v) is 5.21. The summed E-state index contributed by atoms with van der Waals surface area (Å²) in [6, 6.07) is 8.72. The van der Waals surface area contributed by atoms with Crippen molar-refractivity contribution in [2.75, 3.05) is 26.3 Å². The van der Waals surface area contributed by atoms with Crippen molar-refractivity contribution in [3.63, 3.8) is 0 Å². The summed E-state index contributed by atoms with van der Waals surface area (Å²) in [5, 5.41) is 19.5. The van der Waals surface area contributed by atoms with Crippen LogP contribution in [0, 0.1) is 0 Å². The lowest BCUT2D eigenvalue weighted by atomic mass is 10.0. The van der Waals surface area contributed by atoms with Gasteiger partial charge >= 0.3 is 0 Å².